The van der Waals surface area contributed by atoms with Crippen LogP contribution in [0, 0.1) is 11.8 Å². The lowest BCUT2D eigenvalue weighted by molar-refractivity contribution is -0.0621. The Morgan fingerprint density at radius 1 is 1.36 bits per heavy atom. The molecule has 2 heterocycles. The maximum Gasteiger partial charge on any atom is 0.0710 e. The van der Waals surface area contributed by atoms with E-state index in [9.17, 15) is 5.11 Å². The fourth-order valence-electron chi connectivity index (χ4n) is 2.68. The van der Waals surface area contributed by atoms with E-state index >= 15 is 0 Å². The summed E-state index contributed by atoms with van der Waals surface area (Å²) in [5.74, 6) is 0.746. The largest absolute Gasteiger partial charge is 0.389 e. The average Bonchev–Trinajstić information content (AvgIpc) is 2.72. The second-order valence-electron chi connectivity index (χ2n) is 4.83. The number of hydrogen-bond donors (Lipinski definition) is 2. The van der Waals surface area contributed by atoms with E-state index in [2.05, 4.69) is 5.32 Å². The van der Waals surface area contributed by atoms with Crippen LogP contribution in [0.25, 0.3) is 0 Å². The second-order valence-corrected chi connectivity index (χ2v) is 4.83. The van der Waals surface area contributed by atoms with Crippen LogP contribution in [0.15, 0.2) is 0 Å². The zero-order valence-electron chi connectivity index (χ0n) is 8.96. The monoisotopic (exact) mass is 199 g/mol. The van der Waals surface area contributed by atoms with E-state index in [1.165, 1.54) is 6.42 Å². The summed E-state index contributed by atoms with van der Waals surface area (Å²) in [5, 5.41) is 13.9. The molecule has 82 valence electrons. The summed E-state index contributed by atoms with van der Waals surface area (Å²) < 4.78 is 5.35. The summed E-state index contributed by atoms with van der Waals surface area (Å²) in [6.45, 7) is 5.62. The van der Waals surface area contributed by atoms with Gasteiger partial charge < -0.3 is 15.2 Å². The first-order valence-corrected chi connectivity index (χ1v) is 5.72. The van der Waals surface area contributed by atoms with Crippen LogP contribution in [0.4, 0.5) is 0 Å². The molecule has 0 aromatic heterocycles. The number of nitrogens with one attached hydrogen (secondary N) is 1. The van der Waals surface area contributed by atoms with Crippen LogP contribution in [-0.2, 0) is 4.74 Å². The Morgan fingerprint density at radius 3 is 2.79 bits per heavy atom. The van der Waals surface area contributed by atoms with Crippen molar-refractivity contribution in [2.45, 2.75) is 31.8 Å². The zero-order valence-corrected chi connectivity index (χ0v) is 8.96. The maximum absolute atomic E-state index is 10.5. The predicted octanol–water partition coefficient (Wildman–Crippen LogP) is 0.774. The van der Waals surface area contributed by atoms with Gasteiger partial charge in [0.25, 0.3) is 0 Å². The molecule has 0 amide bonds. The van der Waals surface area contributed by atoms with Crippen molar-refractivity contribution >= 4 is 0 Å². The highest BCUT2D eigenvalue weighted by Gasteiger charge is 2.41. The molecule has 0 aliphatic carbocycles. The molecule has 0 saturated carbocycles. The number of rotatable bonds is 2. The van der Waals surface area contributed by atoms with Gasteiger partial charge in [-0.1, -0.05) is 0 Å². The van der Waals surface area contributed by atoms with Gasteiger partial charge in [-0.3, -0.25) is 0 Å². The Kier molecular flexibility index (Phi) is 3.10. The molecule has 0 bridgehead atoms. The Morgan fingerprint density at radius 2 is 2.21 bits per heavy atom. The molecular formula is C11H21NO2. The van der Waals surface area contributed by atoms with Crippen molar-refractivity contribution in [3.8, 4) is 0 Å². The summed E-state index contributed by atoms with van der Waals surface area (Å²) in [7, 11) is 0. The lowest BCUT2D eigenvalue weighted by Gasteiger charge is -2.39. The minimum atomic E-state index is -0.538. The van der Waals surface area contributed by atoms with Crippen LogP contribution in [0.2, 0.25) is 0 Å². The first-order valence-electron chi connectivity index (χ1n) is 5.72. The lowest BCUT2D eigenvalue weighted by Crippen LogP contribution is -2.49. The van der Waals surface area contributed by atoms with Crippen molar-refractivity contribution in [3.05, 3.63) is 0 Å². The molecule has 0 radical (unpaired) electrons. The molecule has 2 fully saturated rings. The molecule has 2 saturated heterocycles. The number of ether oxygens (including phenoxy) is 1. The van der Waals surface area contributed by atoms with Gasteiger partial charge in [0.2, 0.25) is 0 Å². The van der Waals surface area contributed by atoms with E-state index in [4.69, 9.17) is 4.74 Å². The van der Waals surface area contributed by atoms with E-state index in [0.717, 1.165) is 39.1 Å². The van der Waals surface area contributed by atoms with Crippen molar-refractivity contribution in [1.82, 2.24) is 5.32 Å². The van der Waals surface area contributed by atoms with E-state index in [0.29, 0.717) is 11.8 Å². The van der Waals surface area contributed by atoms with E-state index in [1.54, 1.807) is 0 Å². The van der Waals surface area contributed by atoms with Crippen molar-refractivity contribution in [3.63, 3.8) is 0 Å². The van der Waals surface area contributed by atoms with Crippen LogP contribution < -0.4 is 5.32 Å². The van der Waals surface area contributed by atoms with Crippen LogP contribution in [-0.4, -0.2) is 37.0 Å². The third kappa shape index (κ3) is 1.95. The van der Waals surface area contributed by atoms with Gasteiger partial charge in [-0.2, -0.15) is 0 Å². The van der Waals surface area contributed by atoms with Gasteiger partial charge >= 0.3 is 0 Å². The number of hydrogen-bond acceptors (Lipinski definition) is 3. The standard InChI is InChI=1S/C11H21NO2/c1-11(13,10-4-6-14-8-10)9-3-2-5-12-7-9/h9-10,12-13H,2-8H2,1H3. The van der Waals surface area contributed by atoms with Crippen molar-refractivity contribution in [2.24, 2.45) is 11.8 Å². The molecule has 3 atom stereocenters. The minimum absolute atomic E-state index is 0.340. The minimum Gasteiger partial charge on any atom is -0.389 e. The van der Waals surface area contributed by atoms with Crippen molar-refractivity contribution < 1.29 is 9.84 Å². The second kappa shape index (κ2) is 4.17. The Balaban J connectivity index is 1.97. The summed E-state index contributed by atoms with van der Waals surface area (Å²) in [6.07, 6.45) is 3.36. The van der Waals surface area contributed by atoms with Gasteiger partial charge in [0.1, 0.15) is 0 Å². The Hall–Kier alpha value is -0.120. The highest BCUT2D eigenvalue weighted by molar-refractivity contribution is 4.92. The van der Waals surface area contributed by atoms with E-state index < -0.39 is 5.60 Å². The molecule has 2 aliphatic rings. The number of piperidine rings is 1. The van der Waals surface area contributed by atoms with Gasteiger partial charge in [-0.15, -0.1) is 0 Å². The third-order valence-corrected chi connectivity index (χ3v) is 3.88. The fourth-order valence-corrected chi connectivity index (χ4v) is 2.68. The average molecular weight is 199 g/mol. The molecule has 0 aromatic carbocycles. The molecule has 3 nitrogen and oxygen atoms in total. The summed E-state index contributed by atoms with van der Waals surface area (Å²) in [5.41, 5.74) is -0.538. The molecule has 3 heteroatoms. The van der Waals surface area contributed by atoms with Crippen molar-refractivity contribution in [2.75, 3.05) is 26.3 Å². The number of aliphatic hydroxyl groups is 1. The molecule has 2 N–H and O–H groups in total. The van der Waals surface area contributed by atoms with Crippen molar-refractivity contribution in [1.29, 1.82) is 0 Å². The summed E-state index contributed by atoms with van der Waals surface area (Å²) in [6, 6.07) is 0. The van der Waals surface area contributed by atoms with Gasteiger partial charge in [0, 0.05) is 25.0 Å². The maximum atomic E-state index is 10.5. The first kappa shape index (κ1) is 10.4. The summed E-state index contributed by atoms with van der Waals surface area (Å²) in [4.78, 5) is 0. The quantitative estimate of drug-likeness (QED) is 0.690. The van der Waals surface area contributed by atoms with Crippen LogP contribution in [0.1, 0.15) is 26.2 Å². The topological polar surface area (TPSA) is 41.5 Å². The summed E-state index contributed by atoms with van der Waals surface area (Å²) >= 11 is 0. The Labute approximate surface area is 85.8 Å². The van der Waals surface area contributed by atoms with Crippen LogP contribution >= 0.6 is 0 Å². The molecule has 3 unspecified atom stereocenters. The van der Waals surface area contributed by atoms with Gasteiger partial charge in [0.15, 0.2) is 0 Å². The molecule has 2 rings (SSSR count). The third-order valence-electron chi connectivity index (χ3n) is 3.88. The highest BCUT2D eigenvalue weighted by Crippen LogP contribution is 2.35. The predicted molar refractivity (Wildman–Crippen MR) is 55.1 cm³/mol. The first-order chi connectivity index (χ1) is 6.71. The smallest absolute Gasteiger partial charge is 0.0710 e. The molecule has 14 heavy (non-hydrogen) atoms. The molecule has 2 aliphatic heterocycles. The van der Waals surface area contributed by atoms with E-state index in [1.807, 2.05) is 6.92 Å². The van der Waals surface area contributed by atoms with Gasteiger partial charge in [0.05, 0.1) is 12.2 Å². The zero-order chi connectivity index (χ0) is 10.0. The molecule has 0 aromatic rings. The normalized spacial score (nSPS) is 38.1. The molecule has 0 spiro atoms. The van der Waals surface area contributed by atoms with E-state index in [-0.39, 0.29) is 0 Å². The van der Waals surface area contributed by atoms with Crippen LogP contribution in [0.3, 0.4) is 0 Å². The Bertz CT molecular complexity index is 182. The van der Waals surface area contributed by atoms with Crippen LogP contribution in [0.5, 0.6) is 0 Å². The highest BCUT2D eigenvalue weighted by atomic mass is 16.5. The van der Waals surface area contributed by atoms with Gasteiger partial charge in [-0.05, 0) is 32.7 Å². The lowest BCUT2D eigenvalue weighted by atomic mass is 9.75. The molecular weight excluding hydrogens is 178 g/mol. The van der Waals surface area contributed by atoms with Gasteiger partial charge in [-0.25, -0.2) is 0 Å². The SMILES string of the molecule is CC(O)(C1CCCNC1)C1CCOC1. The fraction of sp³-hybridized carbons (Fsp3) is 1.00.